The minimum atomic E-state index is -0.759. The number of carbonyl (C=O) groups is 1. The van der Waals surface area contributed by atoms with Crippen LogP contribution in [0, 0.1) is 0 Å². The van der Waals surface area contributed by atoms with E-state index >= 15 is 0 Å². The molecular weight excluding hydrogens is 483 g/mol. The summed E-state index contributed by atoms with van der Waals surface area (Å²) in [5.74, 6) is 0.0918. The first kappa shape index (κ1) is 27.7. The van der Waals surface area contributed by atoms with Gasteiger partial charge in [-0.25, -0.2) is 4.79 Å². The Morgan fingerprint density at radius 3 is 2.42 bits per heavy atom. The summed E-state index contributed by atoms with van der Waals surface area (Å²) in [6, 6.07) is 15.6. The third-order valence-corrected chi connectivity index (χ3v) is 7.02. The number of amides is 1. The normalized spacial score (nSPS) is 16.5. The highest BCUT2D eigenvalue weighted by atomic mass is 35.5. The molecule has 1 fully saturated rings. The summed E-state index contributed by atoms with van der Waals surface area (Å²) in [6.45, 7) is 5.19. The molecule has 33 heavy (non-hydrogen) atoms. The van der Waals surface area contributed by atoms with Crippen molar-refractivity contribution in [2.75, 3.05) is 39.8 Å². The van der Waals surface area contributed by atoms with E-state index in [1.807, 2.05) is 42.5 Å². The van der Waals surface area contributed by atoms with Crippen molar-refractivity contribution in [3.05, 3.63) is 69.7 Å². The standard InChI is InChI=1S/C25H32Cl2N2O3.ClH/c1-3-32-24(30)28(2)18-20(19-9-10-22(26)23(27)17-19)11-14-29-15-12-25(31,13-16-29)21-7-5-4-6-8-21;/h4-10,17,20,31H,3,11-16,18H2,1-2H3;1H. The number of likely N-dealkylation sites (tertiary alicyclic amines) is 1. The van der Waals surface area contributed by atoms with Crippen LogP contribution in [-0.2, 0) is 10.3 Å². The summed E-state index contributed by atoms with van der Waals surface area (Å²) in [5, 5.41) is 12.1. The quantitative estimate of drug-likeness (QED) is 0.471. The fraction of sp³-hybridized carbons (Fsp3) is 0.480. The summed E-state index contributed by atoms with van der Waals surface area (Å²) in [6.07, 6.45) is 1.93. The maximum atomic E-state index is 12.2. The Morgan fingerprint density at radius 1 is 1.15 bits per heavy atom. The second kappa shape index (κ2) is 12.8. The molecule has 1 unspecified atom stereocenters. The van der Waals surface area contributed by atoms with E-state index in [9.17, 15) is 9.90 Å². The average molecular weight is 516 g/mol. The topological polar surface area (TPSA) is 53.0 Å². The zero-order chi connectivity index (χ0) is 23.1. The number of likely N-dealkylation sites (N-methyl/N-ethyl adjacent to an activating group) is 1. The number of aliphatic hydroxyl groups is 1. The van der Waals surface area contributed by atoms with Gasteiger partial charge < -0.3 is 19.6 Å². The van der Waals surface area contributed by atoms with Gasteiger partial charge in [0, 0.05) is 32.6 Å². The van der Waals surface area contributed by atoms with Crippen LogP contribution >= 0.6 is 35.6 Å². The molecule has 2 aromatic rings. The molecule has 0 saturated carbocycles. The van der Waals surface area contributed by atoms with Crippen LogP contribution in [0.3, 0.4) is 0 Å². The van der Waals surface area contributed by atoms with E-state index in [1.165, 1.54) is 0 Å². The van der Waals surface area contributed by atoms with Crippen LogP contribution in [0.2, 0.25) is 10.0 Å². The minimum absolute atomic E-state index is 0. The summed E-state index contributed by atoms with van der Waals surface area (Å²) >= 11 is 12.4. The van der Waals surface area contributed by atoms with Crippen molar-refractivity contribution in [3.63, 3.8) is 0 Å². The predicted molar refractivity (Wildman–Crippen MR) is 137 cm³/mol. The number of rotatable bonds is 8. The third-order valence-electron chi connectivity index (χ3n) is 6.28. The number of hydrogen-bond acceptors (Lipinski definition) is 4. The lowest BCUT2D eigenvalue weighted by Gasteiger charge is -2.39. The zero-order valence-corrected chi connectivity index (χ0v) is 21.5. The highest BCUT2D eigenvalue weighted by Gasteiger charge is 2.34. The SMILES string of the molecule is CCOC(=O)N(C)CC(CCN1CCC(O)(c2ccccc2)CC1)c1ccc(Cl)c(Cl)c1.Cl. The van der Waals surface area contributed by atoms with E-state index in [4.69, 9.17) is 27.9 Å². The number of benzene rings is 2. The van der Waals surface area contributed by atoms with Crippen molar-refractivity contribution in [1.82, 2.24) is 9.80 Å². The van der Waals surface area contributed by atoms with E-state index in [2.05, 4.69) is 4.90 Å². The third kappa shape index (κ3) is 7.49. The Hall–Kier alpha value is -1.50. The Balaban J connectivity index is 0.00000385. The van der Waals surface area contributed by atoms with Crippen molar-refractivity contribution in [3.8, 4) is 0 Å². The smallest absolute Gasteiger partial charge is 0.409 e. The molecule has 0 aliphatic carbocycles. The molecule has 5 nitrogen and oxygen atoms in total. The van der Waals surface area contributed by atoms with E-state index in [0.29, 0.717) is 36.0 Å². The van der Waals surface area contributed by atoms with E-state index in [1.54, 1.807) is 24.9 Å². The first-order chi connectivity index (χ1) is 15.3. The molecule has 1 N–H and O–H groups in total. The number of carbonyl (C=O) groups excluding carboxylic acids is 1. The summed E-state index contributed by atoms with van der Waals surface area (Å²) in [4.78, 5) is 16.2. The molecule has 0 radical (unpaired) electrons. The molecule has 2 aromatic carbocycles. The Kier molecular flexibility index (Phi) is 10.8. The largest absolute Gasteiger partial charge is 0.450 e. The van der Waals surface area contributed by atoms with E-state index < -0.39 is 5.60 Å². The average Bonchev–Trinajstić information content (AvgIpc) is 2.80. The molecule has 1 saturated heterocycles. The van der Waals surface area contributed by atoms with Crippen LogP contribution in [-0.4, -0.2) is 60.8 Å². The van der Waals surface area contributed by atoms with Crippen LogP contribution in [0.1, 0.15) is 43.2 Å². The molecule has 1 aliphatic heterocycles. The van der Waals surface area contributed by atoms with Crippen LogP contribution in [0.4, 0.5) is 4.79 Å². The van der Waals surface area contributed by atoms with E-state index in [-0.39, 0.29) is 24.4 Å². The number of ether oxygens (including phenoxy) is 1. The van der Waals surface area contributed by atoms with Gasteiger partial charge in [-0.15, -0.1) is 12.4 Å². The number of halogens is 3. The number of nitrogens with zero attached hydrogens (tertiary/aromatic N) is 2. The summed E-state index contributed by atoms with van der Waals surface area (Å²) < 4.78 is 5.14. The Labute approximate surface area is 213 Å². The number of piperidine rings is 1. The fourth-order valence-electron chi connectivity index (χ4n) is 4.29. The first-order valence-corrected chi connectivity index (χ1v) is 11.9. The van der Waals surface area contributed by atoms with Crippen molar-refractivity contribution in [1.29, 1.82) is 0 Å². The second-order valence-corrected chi connectivity index (χ2v) is 9.29. The summed E-state index contributed by atoms with van der Waals surface area (Å²) in [7, 11) is 1.75. The van der Waals surface area contributed by atoms with Gasteiger partial charge in [0.05, 0.1) is 22.3 Å². The van der Waals surface area contributed by atoms with Gasteiger partial charge in [-0.2, -0.15) is 0 Å². The van der Waals surface area contributed by atoms with Gasteiger partial charge in [0.15, 0.2) is 0 Å². The monoisotopic (exact) mass is 514 g/mol. The summed E-state index contributed by atoms with van der Waals surface area (Å²) in [5.41, 5.74) is 1.28. The van der Waals surface area contributed by atoms with Gasteiger partial charge in [0.2, 0.25) is 0 Å². The van der Waals surface area contributed by atoms with Crippen LogP contribution in [0.5, 0.6) is 0 Å². The molecule has 0 bridgehead atoms. The lowest BCUT2D eigenvalue weighted by atomic mass is 9.84. The highest BCUT2D eigenvalue weighted by Crippen LogP contribution is 2.34. The second-order valence-electron chi connectivity index (χ2n) is 8.48. The van der Waals surface area contributed by atoms with Gasteiger partial charge in [-0.3, -0.25) is 0 Å². The molecule has 1 aliphatic rings. The predicted octanol–water partition coefficient (Wildman–Crippen LogP) is 5.96. The highest BCUT2D eigenvalue weighted by molar-refractivity contribution is 6.42. The van der Waals surface area contributed by atoms with Crippen molar-refractivity contribution in [2.45, 2.75) is 37.7 Å². The van der Waals surface area contributed by atoms with Gasteiger partial charge in [0.25, 0.3) is 0 Å². The van der Waals surface area contributed by atoms with Crippen molar-refractivity contribution >= 4 is 41.7 Å². The van der Waals surface area contributed by atoms with Crippen molar-refractivity contribution in [2.24, 2.45) is 0 Å². The molecular formula is C25H33Cl3N2O3. The molecule has 182 valence electrons. The van der Waals surface area contributed by atoms with Gasteiger partial charge in [-0.05, 0) is 56.0 Å². The molecule has 1 amide bonds. The number of hydrogen-bond donors (Lipinski definition) is 1. The fourth-order valence-corrected chi connectivity index (χ4v) is 4.60. The maximum Gasteiger partial charge on any atom is 0.409 e. The zero-order valence-electron chi connectivity index (χ0n) is 19.2. The minimum Gasteiger partial charge on any atom is -0.450 e. The van der Waals surface area contributed by atoms with Gasteiger partial charge in [-0.1, -0.05) is 59.6 Å². The molecule has 8 heteroatoms. The Bertz CT molecular complexity index is 890. The molecule has 0 aromatic heterocycles. The molecule has 3 rings (SSSR count). The molecule has 0 spiro atoms. The van der Waals surface area contributed by atoms with Crippen LogP contribution in [0.25, 0.3) is 0 Å². The Morgan fingerprint density at radius 2 is 1.82 bits per heavy atom. The lowest BCUT2D eigenvalue weighted by Crippen LogP contribution is -2.43. The molecule has 1 atom stereocenters. The van der Waals surface area contributed by atoms with Crippen molar-refractivity contribution < 1.29 is 14.6 Å². The van der Waals surface area contributed by atoms with Crippen LogP contribution in [0.15, 0.2) is 48.5 Å². The van der Waals surface area contributed by atoms with Gasteiger partial charge in [0.1, 0.15) is 0 Å². The van der Waals surface area contributed by atoms with Crippen LogP contribution < -0.4 is 0 Å². The lowest BCUT2D eigenvalue weighted by molar-refractivity contribution is -0.0264. The first-order valence-electron chi connectivity index (χ1n) is 11.2. The maximum absolute atomic E-state index is 12.2. The van der Waals surface area contributed by atoms with E-state index in [0.717, 1.165) is 37.2 Å². The molecule has 1 heterocycles. The van der Waals surface area contributed by atoms with Gasteiger partial charge >= 0.3 is 6.09 Å².